The molecule has 1 heterocycles. The van der Waals surface area contributed by atoms with Gasteiger partial charge in [0.05, 0.1) is 17.9 Å². The zero-order chi connectivity index (χ0) is 17.0. The first-order valence-electron chi connectivity index (χ1n) is 6.53. The molecule has 0 radical (unpaired) electrons. The molecule has 1 aliphatic heterocycles. The SMILES string of the molecule is O=C(O)CC(SCC(=O)c1ccc2c(c1)NC(=O)CO2)C(=O)O. The largest absolute Gasteiger partial charge is 0.482 e. The lowest BCUT2D eigenvalue weighted by Crippen LogP contribution is -2.25. The summed E-state index contributed by atoms with van der Waals surface area (Å²) >= 11 is 0.750. The zero-order valence-corrected chi connectivity index (χ0v) is 12.6. The molecule has 0 saturated heterocycles. The summed E-state index contributed by atoms with van der Waals surface area (Å²) in [6.07, 6.45) is -0.568. The molecular weight excluding hydrogens is 326 g/mol. The third-order valence-electron chi connectivity index (χ3n) is 2.99. The molecular formula is C14H13NO7S. The minimum atomic E-state index is -1.28. The van der Waals surface area contributed by atoms with Crippen LogP contribution in [0.5, 0.6) is 5.75 Å². The van der Waals surface area contributed by atoms with Crippen molar-refractivity contribution in [1.29, 1.82) is 0 Å². The summed E-state index contributed by atoms with van der Waals surface area (Å²) in [6.45, 7) is -0.0916. The van der Waals surface area contributed by atoms with Crippen LogP contribution in [0.3, 0.4) is 0 Å². The average molecular weight is 339 g/mol. The molecule has 0 spiro atoms. The Morgan fingerprint density at radius 1 is 1.30 bits per heavy atom. The molecule has 1 aromatic rings. The van der Waals surface area contributed by atoms with Crippen molar-refractivity contribution in [2.45, 2.75) is 11.7 Å². The number of rotatable bonds is 7. The van der Waals surface area contributed by atoms with Gasteiger partial charge in [0.25, 0.3) is 5.91 Å². The van der Waals surface area contributed by atoms with E-state index in [9.17, 15) is 19.2 Å². The number of carbonyl (C=O) groups is 4. The number of fused-ring (bicyclic) bond motifs is 1. The van der Waals surface area contributed by atoms with Gasteiger partial charge in [0.15, 0.2) is 12.4 Å². The van der Waals surface area contributed by atoms with Gasteiger partial charge in [-0.15, -0.1) is 11.8 Å². The minimum absolute atomic E-state index is 0.0916. The number of carboxylic acid groups (broad SMARTS) is 2. The predicted molar refractivity (Wildman–Crippen MR) is 81.0 cm³/mol. The minimum Gasteiger partial charge on any atom is -0.482 e. The summed E-state index contributed by atoms with van der Waals surface area (Å²) in [5.41, 5.74) is 0.652. The molecule has 0 aromatic heterocycles. The molecule has 8 nitrogen and oxygen atoms in total. The van der Waals surface area contributed by atoms with Crippen LogP contribution in [-0.2, 0) is 14.4 Å². The first kappa shape index (κ1) is 16.8. The van der Waals surface area contributed by atoms with E-state index >= 15 is 0 Å². The van der Waals surface area contributed by atoms with E-state index in [0.717, 1.165) is 11.8 Å². The van der Waals surface area contributed by atoms with Crippen LogP contribution in [0, 0.1) is 0 Å². The number of carbonyl (C=O) groups excluding carboxylic acids is 2. The first-order chi connectivity index (χ1) is 10.9. The number of hydrogen-bond acceptors (Lipinski definition) is 6. The second kappa shape index (κ2) is 7.14. The Balaban J connectivity index is 2.03. The van der Waals surface area contributed by atoms with Gasteiger partial charge in [-0.2, -0.15) is 0 Å². The van der Waals surface area contributed by atoms with E-state index in [4.69, 9.17) is 14.9 Å². The van der Waals surface area contributed by atoms with Crippen LogP contribution < -0.4 is 10.1 Å². The molecule has 0 aliphatic carbocycles. The summed E-state index contributed by atoms with van der Waals surface area (Å²) in [4.78, 5) is 44.9. The molecule has 9 heteroatoms. The maximum Gasteiger partial charge on any atom is 0.317 e. The highest BCUT2D eigenvalue weighted by Crippen LogP contribution is 2.29. The van der Waals surface area contributed by atoms with E-state index in [1.165, 1.54) is 12.1 Å². The summed E-state index contributed by atoms with van der Waals surface area (Å²) in [5.74, 6) is -2.96. The molecule has 122 valence electrons. The van der Waals surface area contributed by atoms with Crippen molar-refractivity contribution in [1.82, 2.24) is 0 Å². The lowest BCUT2D eigenvalue weighted by atomic mass is 10.1. The van der Waals surface area contributed by atoms with Gasteiger partial charge in [0.2, 0.25) is 0 Å². The molecule has 1 unspecified atom stereocenters. The summed E-state index contributed by atoms with van der Waals surface area (Å²) < 4.78 is 5.17. The Morgan fingerprint density at radius 3 is 2.70 bits per heavy atom. The number of benzene rings is 1. The Kier molecular flexibility index (Phi) is 5.22. The van der Waals surface area contributed by atoms with Crippen LogP contribution in [-0.4, -0.2) is 51.5 Å². The maximum absolute atomic E-state index is 12.1. The van der Waals surface area contributed by atoms with E-state index in [1.54, 1.807) is 6.07 Å². The number of Topliss-reactive ketones (excluding diaryl/α,β-unsaturated/α-hetero) is 1. The number of amides is 1. The van der Waals surface area contributed by atoms with E-state index in [-0.39, 0.29) is 29.6 Å². The number of nitrogens with one attached hydrogen (secondary N) is 1. The van der Waals surface area contributed by atoms with Crippen molar-refractivity contribution < 1.29 is 34.1 Å². The van der Waals surface area contributed by atoms with E-state index in [1.807, 2.05) is 0 Å². The fourth-order valence-electron chi connectivity index (χ4n) is 1.89. The Bertz CT molecular complexity index is 673. The molecule has 1 amide bonds. The molecule has 0 bridgehead atoms. The summed E-state index contributed by atoms with van der Waals surface area (Å²) in [6, 6.07) is 4.49. The molecule has 0 fully saturated rings. The second-order valence-electron chi connectivity index (χ2n) is 4.71. The molecule has 1 aromatic carbocycles. The van der Waals surface area contributed by atoms with Crippen LogP contribution in [0.4, 0.5) is 5.69 Å². The van der Waals surface area contributed by atoms with Crippen molar-refractivity contribution in [2.24, 2.45) is 0 Å². The predicted octanol–water partition coefficient (Wildman–Crippen LogP) is 0.861. The molecule has 2 rings (SSSR count). The smallest absolute Gasteiger partial charge is 0.317 e. The number of thioether (sulfide) groups is 1. The number of anilines is 1. The number of ketones is 1. The van der Waals surface area contributed by atoms with E-state index in [0.29, 0.717) is 11.4 Å². The second-order valence-corrected chi connectivity index (χ2v) is 5.90. The number of aliphatic carboxylic acids is 2. The number of hydrogen-bond donors (Lipinski definition) is 3. The third kappa shape index (κ3) is 4.46. The Hall–Kier alpha value is -2.55. The van der Waals surface area contributed by atoms with Gasteiger partial charge in [-0.05, 0) is 18.2 Å². The van der Waals surface area contributed by atoms with Gasteiger partial charge in [-0.1, -0.05) is 0 Å². The Labute approximate surface area is 134 Å². The van der Waals surface area contributed by atoms with Crippen LogP contribution >= 0.6 is 11.8 Å². The highest BCUT2D eigenvalue weighted by molar-refractivity contribution is 8.01. The van der Waals surface area contributed by atoms with E-state index in [2.05, 4.69) is 5.32 Å². The molecule has 1 aliphatic rings. The van der Waals surface area contributed by atoms with Gasteiger partial charge in [0.1, 0.15) is 11.0 Å². The van der Waals surface area contributed by atoms with Crippen LogP contribution in [0.2, 0.25) is 0 Å². The number of carboxylic acids is 2. The zero-order valence-electron chi connectivity index (χ0n) is 11.8. The number of ether oxygens (including phenoxy) is 1. The average Bonchev–Trinajstić information content (AvgIpc) is 2.49. The van der Waals surface area contributed by atoms with Crippen molar-refractivity contribution in [2.75, 3.05) is 17.7 Å². The monoisotopic (exact) mass is 339 g/mol. The third-order valence-corrected chi connectivity index (χ3v) is 4.18. The Morgan fingerprint density at radius 2 is 2.04 bits per heavy atom. The van der Waals surface area contributed by atoms with Gasteiger partial charge in [-0.3, -0.25) is 19.2 Å². The van der Waals surface area contributed by atoms with Crippen LogP contribution in [0.25, 0.3) is 0 Å². The van der Waals surface area contributed by atoms with Crippen molar-refractivity contribution >= 4 is 41.1 Å². The van der Waals surface area contributed by atoms with Gasteiger partial charge >= 0.3 is 11.9 Å². The fraction of sp³-hybridized carbons (Fsp3) is 0.286. The van der Waals surface area contributed by atoms with Crippen molar-refractivity contribution in [3.63, 3.8) is 0 Å². The standard InChI is InChI=1S/C14H13NO7S/c16-9(6-23-11(14(20)21)4-13(18)19)7-1-2-10-8(3-7)15-12(17)5-22-10/h1-3,11H,4-6H2,(H,15,17)(H,18,19)(H,20,21). The lowest BCUT2D eigenvalue weighted by molar-refractivity contribution is -0.142. The summed E-state index contributed by atoms with van der Waals surface area (Å²) in [7, 11) is 0. The van der Waals surface area contributed by atoms with Crippen molar-refractivity contribution in [3.05, 3.63) is 23.8 Å². The van der Waals surface area contributed by atoms with Crippen LogP contribution in [0.15, 0.2) is 18.2 Å². The quantitative estimate of drug-likeness (QED) is 0.624. The first-order valence-corrected chi connectivity index (χ1v) is 7.58. The van der Waals surface area contributed by atoms with Gasteiger partial charge in [-0.25, -0.2) is 0 Å². The topological polar surface area (TPSA) is 130 Å². The highest BCUT2D eigenvalue weighted by Gasteiger charge is 2.23. The highest BCUT2D eigenvalue weighted by atomic mass is 32.2. The molecule has 3 N–H and O–H groups in total. The van der Waals surface area contributed by atoms with Gasteiger partial charge < -0.3 is 20.3 Å². The lowest BCUT2D eigenvalue weighted by Gasteiger charge is -2.18. The van der Waals surface area contributed by atoms with Crippen LogP contribution in [0.1, 0.15) is 16.8 Å². The normalized spacial score (nSPS) is 14.2. The fourth-order valence-corrected chi connectivity index (χ4v) is 2.81. The van der Waals surface area contributed by atoms with E-state index < -0.39 is 23.6 Å². The molecule has 1 atom stereocenters. The molecule has 23 heavy (non-hydrogen) atoms. The van der Waals surface area contributed by atoms with Gasteiger partial charge in [0, 0.05) is 5.56 Å². The molecule has 0 saturated carbocycles. The van der Waals surface area contributed by atoms with Crippen molar-refractivity contribution in [3.8, 4) is 5.75 Å². The maximum atomic E-state index is 12.1. The summed E-state index contributed by atoms with van der Waals surface area (Å²) in [5, 5.41) is 19.0.